The molecule has 1 aliphatic heterocycles. The highest BCUT2D eigenvalue weighted by Crippen LogP contribution is 2.37. The van der Waals surface area contributed by atoms with Gasteiger partial charge in [-0.15, -0.1) is 0 Å². The van der Waals surface area contributed by atoms with E-state index in [-0.39, 0.29) is 24.5 Å². The lowest BCUT2D eigenvalue weighted by Crippen LogP contribution is -2.54. The van der Waals surface area contributed by atoms with Gasteiger partial charge in [0, 0.05) is 5.02 Å². The van der Waals surface area contributed by atoms with E-state index in [2.05, 4.69) is 21.2 Å². The number of ether oxygens (including phenoxy) is 4. The number of rotatable bonds is 9. The molecule has 38 heavy (non-hydrogen) atoms. The van der Waals surface area contributed by atoms with Crippen molar-refractivity contribution in [2.75, 3.05) is 32.3 Å². The lowest BCUT2D eigenvalue weighted by Gasteiger charge is -2.26. The molecule has 0 spiro atoms. The number of imide groups is 2. The zero-order valence-corrected chi connectivity index (χ0v) is 22.7. The quantitative estimate of drug-likeness (QED) is 0.203. The number of urea groups is 1. The van der Waals surface area contributed by atoms with Crippen molar-refractivity contribution in [3.8, 4) is 23.0 Å². The van der Waals surface area contributed by atoms with Gasteiger partial charge >= 0.3 is 6.03 Å². The summed E-state index contributed by atoms with van der Waals surface area (Å²) in [5.41, 5.74) is 0.518. The van der Waals surface area contributed by atoms with E-state index in [1.807, 2.05) is 0 Å². The van der Waals surface area contributed by atoms with Crippen LogP contribution in [-0.2, 0) is 9.59 Å². The number of hydrogen-bond donors (Lipinski definition) is 1. The summed E-state index contributed by atoms with van der Waals surface area (Å²) in [5.74, 6) is 0.608. The van der Waals surface area contributed by atoms with Gasteiger partial charge in [0.05, 0.1) is 24.4 Å². The van der Waals surface area contributed by atoms with Crippen LogP contribution in [0.5, 0.6) is 23.0 Å². The first-order valence-electron chi connectivity index (χ1n) is 11.2. The number of carbonyl (C=O) groups excluding carboxylic acids is 3. The number of anilines is 1. The van der Waals surface area contributed by atoms with Crippen molar-refractivity contribution in [3.05, 3.63) is 81.3 Å². The van der Waals surface area contributed by atoms with E-state index in [1.165, 1.54) is 25.3 Å². The molecule has 1 aliphatic rings. The average Bonchev–Trinajstić information content (AvgIpc) is 2.91. The van der Waals surface area contributed by atoms with Gasteiger partial charge in [-0.2, -0.15) is 0 Å². The summed E-state index contributed by atoms with van der Waals surface area (Å²) in [4.78, 5) is 38.9. The molecule has 0 bridgehead atoms. The van der Waals surface area contributed by atoms with Crippen LogP contribution in [0.1, 0.15) is 5.56 Å². The Morgan fingerprint density at radius 3 is 2.21 bits per heavy atom. The molecule has 0 atom stereocenters. The number of methoxy groups -OCH3 is 2. The van der Waals surface area contributed by atoms with E-state index < -0.39 is 17.8 Å². The van der Waals surface area contributed by atoms with Gasteiger partial charge in [-0.25, -0.2) is 9.69 Å². The van der Waals surface area contributed by atoms with Crippen LogP contribution in [0.4, 0.5) is 10.5 Å². The van der Waals surface area contributed by atoms with Crippen molar-refractivity contribution in [3.63, 3.8) is 0 Å². The predicted octanol–water partition coefficient (Wildman–Crippen LogP) is 5.24. The number of benzene rings is 3. The summed E-state index contributed by atoms with van der Waals surface area (Å²) in [5, 5.41) is 2.63. The van der Waals surface area contributed by atoms with Gasteiger partial charge in [0.1, 0.15) is 30.3 Å². The second kappa shape index (κ2) is 12.0. The SMILES string of the molecule is COc1ccc(OCCOc2c(Br)cc(C=C3C(=O)NC(=O)N(c4ccc(Cl)cc4)C3=O)cc2OC)cc1. The molecule has 4 amide bonds. The average molecular weight is 602 g/mol. The molecular weight excluding hydrogens is 580 g/mol. The van der Waals surface area contributed by atoms with E-state index in [1.54, 1.807) is 55.6 Å². The van der Waals surface area contributed by atoms with Crippen molar-refractivity contribution in [2.24, 2.45) is 0 Å². The fourth-order valence-corrected chi connectivity index (χ4v) is 4.29. The standard InChI is InChI=1S/C27H22BrClN2O7/c1-35-19-7-9-20(10-8-19)37-11-12-38-24-22(28)14-16(15-23(24)36-2)13-21-25(32)30-27(34)31(26(21)33)18-5-3-17(29)4-6-18/h3-10,13-15H,11-12H2,1-2H3,(H,30,32,34). The molecule has 9 nitrogen and oxygen atoms in total. The number of nitrogens with one attached hydrogen (secondary N) is 1. The normalized spacial score (nSPS) is 14.4. The molecule has 196 valence electrons. The largest absolute Gasteiger partial charge is 0.497 e. The topological polar surface area (TPSA) is 103 Å². The van der Waals surface area contributed by atoms with Crippen LogP contribution >= 0.6 is 27.5 Å². The Hall–Kier alpha value is -4.02. The van der Waals surface area contributed by atoms with Gasteiger partial charge in [-0.05, 0) is 88.2 Å². The zero-order chi connectivity index (χ0) is 27.2. The molecule has 1 N–H and O–H groups in total. The van der Waals surface area contributed by atoms with Crippen molar-refractivity contribution < 1.29 is 33.3 Å². The summed E-state index contributed by atoms with van der Waals surface area (Å²) >= 11 is 9.37. The monoisotopic (exact) mass is 600 g/mol. The minimum absolute atomic E-state index is 0.223. The molecule has 0 aliphatic carbocycles. The Bertz CT molecular complexity index is 1390. The lowest BCUT2D eigenvalue weighted by atomic mass is 10.1. The van der Waals surface area contributed by atoms with E-state index in [0.717, 1.165) is 10.6 Å². The summed E-state index contributed by atoms with van der Waals surface area (Å²) in [6.45, 7) is 0.497. The van der Waals surface area contributed by atoms with Gasteiger partial charge in [0.25, 0.3) is 11.8 Å². The second-order valence-corrected chi connectivity index (χ2v) is 9.13. The van der Waals surface area contributed by atoms with Crippen LogP contribution in [0.2, 0.25) is 5.02 Å². The van der Waals surface area contributed by atoms with Crippen LogP contribution < -0.4 is 29.2 Å². The van der Waals surface area contributed by atoms with E-state index in [0.29, 0.717) is 32.3 Å². The number of halogens is 2. The fraction of sp³-hybridized carbons (Fsp3) is 0.148. The van der Waals surface area contributed by atoms with Crippen molar-refractivity contribution in [1.82, 2.24) is 5.32 Å². The minimum Gasteiger partial charge on any atom is -0.497 e. The first kappa shape index (κ1) is 27.0. The van der Waals surface area contributed by atoms with Crippen LogP contribution in [0.15, 0.2) is 70.7 Å². The molecule has 11 heteroatoms. The number of nitrogens with zero attached hydrogens (tertiary/aromatic N) is 1. The predicted molar refractivity (Wildman–Crippen MR) is 145 cm³/mol. The van der Waals surface area contributed by atoms with Crippen molar-refractivity contribution >= 4 is 57.1 Å². The summed E-state index contributed by atoms with van der Waals surface area (Å²) in [6, 6.07) is 15.7. The van der Waals surface area contributed by atoms with Crippen LogP contribution in [0.25, 0.3) is 6.08 Å². The van der Waals surface area contributed by atoms with E-state index in [9.17, 15) is 14.4 Å². The van der Waals surface area contributed by atoms with Gasteiger partial charge in [-0.3, -0.25) is 14.9 Å². The molecule has 3 aromatic carbocycles. The maximum Gasteiger partial charge on any atom is 0.335 e. The molecule has 1 fully saturated rings. The number of amides is 4. The maximum atomic E-state index is 13.1. The van der Waals surface area contributed by atoms with E-state index >= 15 is 0 Å². The highest BCUT2D eigenvalue weighted by atomic mass is 79.9. The molecule has 1 heterocycles. The first-order valence-corrected chi connectivity index (χ1v) is 12.4. The Balaban J connectivity index is 1.50. The van der Waals surface area contributed by atoms with Crippen molar-refractivity contribution in [1.29, 1.82) is 0 Å². The number of carbonyl (C=O) groups is 3. The second-order valence-electron chi connectivity index (χ2n) is 7.84. The Morgan fingerprint density at radius 1 is 0.895 bits per heavy atom. The Kier molecular flexibility index (Phi) is 8.55. The molecule has 0 unspecified atom stereocenters. The van der Waals surface area contributed by atoms with Crippen LogP contribution in [0, 0.1) is 0 Å². The Labute approximate surface area is 232 Å². The highest BCUT2D eigenvalue weighted by Gasteiger charge is 2.36. The van der Waals surface area contributed by atoms with Gasteiger partial charge in [-0.1, -0.05) is 11.6 Å². The molecule has 3 aromatic rings. The first-order chi connectivity index (χ1) is 18.3. The third-order valence-electron chi connectivity index (χ3n) is 5.41. The van der Waals surface area contributed by atoms with Crippen LogP contribution in [0.3, 0.4) is 0 Å². The highest BCUT2D eigenvalue weighted by molar-refractivity contribution is 9.10. The smallest absolute Gasteiger partial charge is 0.335 e. The van der Waals surface area contributed by atoms with Gasteiger partial charge in [0.15, 0.2) is 11.5 Å². The van der Waals surface area contributed by atoms with Gasteiger partial charge < -0.3 is 18.9 Å². The summed E-state index contributed by atoms with van der Waals surface area (Å²) < 4.78 is 22.7. The molecular formula is C27H22BrClN2O7. The molecule has 0 radical (unpaired) electrons. The molecule has 4 rings (SSSR count). The zero-order valence-electron chi connectivity index (χ0n) is 20.3. The van der Waals surface area contributed by atoms with Crippen LogP contribution in [-0.4, -0.2) is 45.3 Å². The van der Waals surface area contributed by atoms with Crippen molar-refractivity contribution in [2.45, 2.75) is 0 Å². The molecule has 0 aromatic heterocycles. The lowest BCUT2D eigenvalue weighted by molar-refractivity contribution is -0.122. The van der Waals surface area contributed by atoms with E-state index in [4.69, 9.17) is 30.5 Å². The van der Waals surface area contributed by atoms with Gasteiger partial charge in [0.2, 0.25) is 0 Å². The number of barbiturate groups is 1. The third-order valence-corrected chi connectivity index (χ3v) is 6.25. The third kappa shape index (κ3) is 6.09. The Morgan fingerprint density at radius 2 is 1.55 bits per heavy atom. The molecule has 0 saturated carbocycles. The fourth-order valence-electron chi connectivity index (χ4n) is 3.59. The summed E-state index contributed by atoms with van der Waals surface area (Å²) in [6.07, 6.45) is 1.37. The maximum absolute atomic E-state index is 13.1. The number of hydrogen-bond acceptors (Lipinski definition) is 7. The minimum atomic E-state index is -0.848. The summed E-state index contributed by atoms with van der Waals surface area (Å²) in [7, 11) is 3.06. The molecule has 1 saturated heterocycles.